The molecule has 1 unspecified atom stereocenters. The Kier molecular flexibility index (Phi) is 8.98. The molecule has 118 valence electrons. The third-order valence-electron chi connectivity index (χ3n) is 3.19. The Bertz CT molecular complexity index is 364. The van der Waals surface area contributed by atoms with Crippen molar-refractivity contribution in [3.8, 4) is 0 Å². The molecule has 1 N–H and O–H groups in total. The average Bonchev–Trinajstić information content (AvgIpc) is 2.35. The molecule has 0 radical (unpaired) electrons. The Morgan fingerprint density at radius 2 is 2.00 bits per heavy atom. The van der Waals surface area contributed by atoms with Gasteiger partial charge in [0.1, 0.15) is 13.2 Å². The van der Waals surface area contributed by atoms with E-state index >= 15 is 0 Å². The van der Waals surface area contributed by atoms with Crippen LogP contribution in [0.3, 0.4) is 0 Å². The highest BCUT2D eigenvalue weighted by Crippen LogP contribution is 2.34. The molecular weight excluding hydrogens is 283 g/mol. The molecule has 0 aliphatic heterocycles. The molecule has 0 aliphatic carbocycles. The molecule has 0 bridgehead atoms. The zero-order valence-electron chi connectivity index (χ0n) is 12.8. The largest absolute Gasteiger partial charge is 0.462 e. The van der Waals surface area contributed by atoms with Gasteiger partial charge in [-0.05, 0) is 26.7 Å². The van der Waals surface area contributed by atoms with Crippen LogP contribution in [0, 0.1) is 11.3 Å². The second-order valence-electron chi connectivity index (χ2n) is 5.12. The number of hydrogen-bond acceptors (Lipinski definition) is 5. The first-order valence-electron chi connectivity index (χ1n) is 6.59. The van der Waals surface area contributed by atoms with Crippen LogP contribution in [-0.2, 0) is 23.7 Å². The Balaban J connectivity index is 4.51. The summed E-state index contributed by atoms with van der Waals surface area (Å²) in [6, 6.07) is 0. The maximum Gasteiger partial charge on any atom is 0.344 e. The summed E-state index contributed by atoms with van der Waals surface area (Å²) >= 11 is 0. The van der Waals surface area contributed by atoms with Crippen molar-refractivity contribution < 1.29 is 28.6 Å². The van der Waals surface area contributed by atoms with Crippen LogP contribution in [0.1, 0.15) is 41.0 Å². The van der Waals surface area contributed by atoms with Gasteiger partial charge < -0.3 is 9.63 Å². The third kappa shape index (κ3) is 6.66. The summed E-state index contributed by atoms with van der Waals surface area (Å²) in [6.07, 6.45) is 2.76. The molecule has 0 aromatic heterocycles. The summed E-state index contributed by atoms with van der Waals surface area (Å²) in [5.41, 5.74) is 0.349. The summed E-state index contributed by atoms with van der Waals surface area (Å²) in [6.45, 7) is 9.61. The van der Waals surface area contributed by atoms with E-state index in [4.69, 9.17) is 9.63 Å². The van der Waals surface area contributed by atoms with E-state index < -0.39 is 13.7 Å². The lowest BCUT2D eigenvalue weighted by molar-refractivity contribution is -0.217. The van der Waals surface area contributed by atoms with Gasteiger partial charge >= 0.3 is 14.2 Å². The molecule has 6 nitrogen and oxygen atoms in total. The van der Waals surface area contributed by atoms with Crippen molar-refractivity contribution in [3.63, 3.8) is 0 Å². The van der Waals surface area contributed by atoms with Gasteiger partial charge in [0.15, 0.2) is 0 Å². The van der Waals surface area contributed by atoms with E-state index in [1.165, 1.54) is 0 Å². The topological polar surface area (TPSA) is 82.1 Å². The quantitative estimate of drug-likeness (QED) is 0.176. The molecule has 0 saturated carbocycles. The average molecular weight is 308 g/mol. The molecule has 0 heterocycles. The zero-order chi connectivity index (χ0) is 15.8. The molecule has 20 heavy (non-hydrogen) atoms. The van der Waals surface area contributed by atoms with Crippen molar-refractivity contribution >= 4 is 14.2 Å². The van der Waals surface area contributed by atoms with Crippen LogP contribution >= 0.6 is 8.25 Å². The van der Waals surface area contributed by atoms with Gasteiger partial charge in [-0.2, -0.15) is 4.67 Å². The van der Waals surface area contributed by atoms with Gasteiger partial charge in [0, 0.05) is 0 Å². The predicted octanol–water partition coefficient (Wildman–Crippen LogP) is 2.88. The standard InChI is InChI=1S/C13H25O6P/c1-6-11(4)13(5,9-10(2)3)12(14)17-7-8-18-19-20(15)16/h9,11,20H,6-8H2,1-5H3,(H,15,16)/t11-,13+/m0/s1. The number of rotatable bonds is 9. The van der Waals surface area contributed by atoms with Gasteiger partial charge in [0.2, 0.25) is 0 Å². The lowest BCUT2D eigenvalue weighted by atomic mass is 9.75. The minimum Gasteiger partial charge on any atom is -0.462 e. The molecule has 0 rings (SSSR count). The molecule has 0 saturated heterocycles. The number of esters is 1. The van der Waals surface area contributed by atoms with Crippen LogP contribution in [0.15, 0.2) is 11.6 Å². The van der Waals surface area contributed by atoms with Crippen molar-refractivity contribution in [2.75, 3.05) is 13.2 Å². The number of carbonyl (C=O) groups excluding carboxylic acids is 1. The van der Waals surface area contributed by atoms with Crippen LogP contribution < -0.4 is 0 Å². The number of carbonyl (C=O) groups is 1. The first-order valence-corrected chi connectivity index (χ1v) is 7.86. The highest BCUT2D eigenvalue weighted by atomic mass is 31.1. The lowest BCUT2D eigenvalue weighted by Gasteiger charge is -2.30. The summed E-state index contributed by atoms with van der Waals surface area (Å²) < 4.78 is 19.4. The molecule has 0 aliphatic rings. The SMILES string of the molecule is CC[C@H](C)[C@@](C)(C=C(C)C)C(=O)OCCOO[PH](=O)O. The van der Waals surface area contributed by atoms with E-state index in [1.807, 2.05) is 40.7 Å². The van der Waals surface area contributed by atoms with Gasteiger partial charge in [-0.1, -0.05) is 31.9 Å². The third-order valence-corrected chi connectivity index (χ3v) is 3.45. The van der Waals surface area contributed by atoms with E-state index in [9.17, 15) is 9.36 Å². The fourth-order valence-corrected chi connectivity index (χ4v) is 2.03. The van der Waals surface area contributed by atoms with Gasteiger partial charge in [-0.15, -0.1) is 0 Å². The molecule has 0 fully saturated rings. The van der Waals surface area contributed by atoms with Gasteiger partial charge in [0.05, 0.1) is 5.41 Å². The Morgan fingerprint density at radius 3 is 2.45 bits per heavy atom. The van der Waals surface area contributed by atoms with Gasteiger partial charge in [0.25, 0.3) is 0 Å². The van der Waals surface area contributed by atoms with Crippen molar-refractivity contribution in [1.29, 1.82) is 0 Å². The van der Waals surface area contributed by atoms with Crippen LogP contribution in [0.4, 0.5) is 0 Å². The van der Waals surface area contributed by atoms with Gasteiger partial charge in [-0.25, -0.2) is 4.89 Å². The minimum absolute atomic E-state index is 0.0311. The normalized spacial score (nSPS) is 16.9. The van der Waals surface area contributed by atoms with Crippen molar-refractivity contribution in [2.45, 2.75) is 41.0 Å². The summed E-state index contributed by atoms with van der Waals surface area (Å²) in [5, 5.41) is 0. The minimum atomic E-state index is -3.12. The van der Waals surface area contributed by atoms with Crippen molar-refractivity contribution in [3.05, 3.63) is 11.6 Å². The Hall–Kier alpha value is -0.680. The Labute approximate surface area is 121 Å². The lowest BCUT2D eigenvalue weighted by Crippen LogP contribution is -2.35. The van der Waals surface area contributed by atoms with Crippen molar-refractivity contribution in [2.24, 2.45) is 11.3 Å². The first-order chi connectivity index (χ1) is 9.24. The molecule has 0 spiro atoms. The number of ether oxygens (including phenoxy) is 1. The monoisotopic (exact) mass is 308 g/mol. The van der Waals surface area contributed by atoms with Crippen LogP contribution in [0.25, 0.3) is 0 Å². The molecule has 3 atom stereocenters. The van der Waals surface area contributed by atoms with E-state index in [2.05, 4.69) is 9.56 Å². The molecular formula is C13H25O6P. The Morgan fingerprint density at radius 1 is 1.40 bits per heavy atom. The van der Waals surface area contributed by atoms with E-state index in [0.717, 1.165) is 12.0 Å². The maximum absolute atomic E-state index is 12.2. The summed E-state index contributed by atoms with van der Waals surface area (Å²) in [7, 11) is -3.12. The van der Waals surface area contributed by atoms with Crippen LogP contribution in [0.5, 0.6) is 0 Å². The second-order valence-corrected chi connectivity index (χ2v) is 5.82. The van der Waals surface area contributed by atoms with Crippen molar-refractivity contribution in [1.82, 2.24) is 0 Å². The summed E-state index contributed by atoms with van der Waals surface area (Å²) in [4.78, 5) is 25.0. The van der Waals surface area contributed by atoms with E-state index in [1.54, 1.807) is 0 Å². The fourth-order valence-electron chi connectivity index (χ4n) is 1.84. The predicted molar refractivity (Wildman–Crippen MR) is 76.2 cm³/mol. The molecule has 0 amide bonds. The number of allylic oxidation sites excluding steroid dienone is 1. The number of hydrogen-bond donors (Lipinski definition) is 1. The first kappa shape index (κ1) is 19.3. The van der Waals surface area contributed by atoms with Crippen LogP contribution in [-0.4, -0.2) is 24.1 Å². The van der Waals surface area contributed by atoms with E-state index in [0.29, 0.717) is 0 Å². The van der Waals surface area contributed by atoms with Crippen LogP contribution in [0.2, 0.25) is 0 Å². The fraction of sp³-hybridized carbons (Fsp3) is 0.769. The van der Waals surface area contributed by atoms with Gasteiger partial charge in [-0.3, -0.25) is 9.36 Å². The zero-order valence-corrected chi connectivity index (χ0v) is 13.8. The second kappa shape index (κ2) is 9.29. The molecule has 0 aromatic carbocycles. The molecule has 7 heteroatoms. The smallest absolute Gasteiger partial charge is 0.344 e. The maximum atomic E-state index is 12.2. The highest BCUT2D eigenvalue weighted by molar-refractivity contribution is 7.31. The van der Waals surface area contributed by atoms with E-state index in [-0.39, 0.29) is 25.1 Å². The summed E-state index contributed by atoms with van der Waals surface area (Å²) in [5.74, 6) is -0.204. The highest BCUT2D eigenvalue weighted by Gasteiger charge is 2.37. The molecule has 0 aromatic rings.